The summed E-state index contributed by atoms with van der Waals surface area (Å²) in [5.41, 5.74) is 0. The molecule has 2 heterocycles. The van der Waals surface area contributed by atoms with Gasteiger partial charge in [0.05, 0.1) is 0 Å². The fourth-order valence-corrected chi connectivity index (χ4v) is 2.94. The summed E-state index contributed by atoms with van der Waals surface area (Å²) in [6.07, 6.45) is 5.10. The summed E-state index contributed by atoms with van der Waals surface area (Å²) in [7, 11) is 0. The second-order valence-electron chi connectivity index (χ2n) is 5.31. The first-order chi connectivity index (χ1) is 8.61. The molecule has 18 heavy (non-hydrogen) atoms. The fourth-order valence-electron chi connectivity index (χ4n) is 2.55. The molecule has 100 valence electrons. The molecule has 0 amide bonds. The van der Waals surface area contributed by atoms with E-state index in [-0.39, 0.29) is 0 Å². The molecule has 0 N–H and O–H groups in total. The van der Waals surface area contributed by atoms with Crippen LogP contribution in [0.3, 0.4) is 0 Å². The number of aromatic nitrogens is 2. The van der Waals surface area contributed by atoms with Crippen molar-refractivity contribution in [1.29, 1.82) is 0 Å². The Hall–Kier alpha value is -0.640. The van der Waals surface area contributed by atoms with Crippen LogP contribution in [-0.2, 0) is 0 Å². The lowest BCUT2D eigenvalue weighted by Gasteiger charge is -2.36. The van der Waals surface area contributed by atoms with Crippen molar-refractivity contribution in [3.05, 3.63) is 16.5 Å². The van der Waals surface area contributed by atoms with Crippen molar-refractivity contribution in [2.45, 2.75) is 58.4 Å². The average molecular weight is 312 g/mol. The molecule has 1 aliphatic heterocycles. The topological polar surface area (TPSA) is 29.0 Å². The second kappa shape index (κ2) is 6.00. The van der Waals surface area contributed by atoms with Crippen molar-refractivity contribution < 1.29 is 0 Å². The van der Waals surface area contributed by atoms with Crippen molar-refractivity contribution >= 4 is 21.7 Å². The zero-order valence-electron chi connectivity index (χ0n) is 11.5. The standard InChI is InChI=1S/C14H22BrN3/c1-4-11-7-5-6-8-18(11)13-9-12(15)16-14(17-13)10(2)3/h9-11H,4-8H2,1-3H3. The van der Waals surface area contributed by atoms with Gasteiger partial charge in [-0.3, -0.25) is 0 Å². The highest BCUT2D eigenvalue weighted by Crippen LogP contribution is 2.27. The van der Waals surface area contributed by atoms with Crippen LogP contribution in [0.25, 0.3) is 0 Å². The third kappa shape index (κ3) is 3.02. The minimum Gasteiger partial charge on any atom is -0.354 e. The van der Waals surface area contributed by atoms with Gasteiger partial charge in [-0.05, 0) is 41.6 Å². The third-order valence-corrected chi connectivity index (χ3v) is 4.01. The molecule has 1 aliphatic rings. The Morgan fingerprint density at radius 1 is 1.39 bits per heavy atom. The van der Waals surface area contributed by atoms with Crippen LogP contribution in [0.2, 0.25) is 0 Å². The predicted octanol–water partition coefficient (Wildman–Crippen LogP) is 4.13. The van der Waals surface area contributed by atoms with E-state index < -0.39 is 0 Å². The SMILES string of the molecule is CCC1CCCCN1c1cc(Br)nc(C(C)C)n1. The molecule has 1 saturated heterocycles. The molecule has 4 heteroatoms. The molecule has 1 aromatic heterocycles. The maximum Gasteiger partial charge on any atom is 0.134 e. The monoisotopic (exact) mass is 311 g/mol. The smallest absolute Gasteiger partial charge is 0.134 e. The Labute approximate surface area is 118 Å². The molecule has 0 spiro atoms. The highest BCUT2D eigenvalue weighted by atomic mass is 79.9. The van der Waals surface area contributed by atoms with Crippen LogP contribution in [0.1, 0.15) is 58.2 Å². The van der Waals surface area contributed by atoms with Crippen LogP contribution < -0.4 is 4.90 Å². The minimum absolute atomic E-state index is 0.367. The van der Waals surface area contributed by atoms with Crippen molar-refractivity contribution in [2.24, 2.45) is 0 Å². The summed E-state index contributed by atoms with van der Waals surface area (Å²) >= 11 is 3.51. The number of anilines is 1. The second-order valence-corrected chi connectivity index (χ2v) is 6.13. The van der Waals surface area contributed by atoms with Gasteiger partial charge in [-0.15, -0.1) is 0 Å². The number of hydrogen-bond donors (Lipinski definition) is 0. The van der Waals surface area contributed by atoms with Gasteiger partial charge in [0.1, 0.15) is 16.2 Å². The Kier molecular flexibility index (Phi) is 4.60. The Morgan fingerprint density at radius 2 is 2.17 bits per heavy atom. The lowest BCUT2D eigenvalue weighted by Crippen LogP contribution is -2.39. The van der Waals surface area contributed by atoms with Gasteiger partial charge in [0.2, 0.25) is 0 Å². The lowest BCUT2D eigenvalue weighted by atomic mass is 10.00. The van der Waals surface area contributed by atoms with Crippen LogP contribution in [0.15, 0.2) is 10.7 Å². The molecular formula is C14H22BrN3. The third-order valence-electron chi connectivity index (χ3n) is 3.61. The van der Waals surface area contributed by atoms with E-state index in [1.807, 2.05) is 0 Å². The summed E-state index contributed by atoms with van der Waals surface area (Å²) in [5, 5.41) is 0. The molecule has 0 saturated carbocycles. The normalized spacial score (nSPS) is 20.5. The van der Waals surface area contributed by atoms with Crippen molar-refractivity contribution in [1.82, 2.24) is 9.97 Å². The van der Waals surface area contributed by atoms with E-state index in [2.05, 4.69) is 52.7 Å². The van der Waals surface area contributed by atoms with Gasteiger partial charge in [-0.25, -0.2) is 9.97 Å². The largest absolute Gasteiger partial charge is 0.354 e. The van der Waals surface area contributed by atoms with E-state index in [4.69, 9.17) is 4.98 Å². The zero-order valence-corrected chi connectivity index (χ0v) is 13.1. The molecule has 1 unspecified atom stereocenters. The van der Waals surface area contributed by atoms with E-state index in [0.29, 0.717) is 12.0 Å². The Morgan fingerprint density at radius 3 is 2.83 bits per heavy atom. The molecule has 1 fully saturated rings. The molecule has 1 aromatic rings. The Balaban J connectivity index is 2.30. The minimum atomic E-state index is 0.367. The van der Waals surface area contributed by atoms with Gasteiger partial charge in [0.25, 0.3) is 0 Å². The van der Waals surface area contributed by atoms with Crippen LogP contribution in [0, 0.1) is 0 Å². The van der Waals surface area contributed by atoms with Gasteiger partial charge < -0.3 is 4.90 Å². The summed E-state index contributed by atoms with van der Waals surface area (Å²) < 4.78 is 0.900. The van der Waals surface area contributed by atoms with E-state index >= 15 is 0 Å². The highest BCUT2D eigenvalue weighted by Gasteiger charge is 2.23. The predicted molar refractivity (Wildman–Crippen MR) is 79.1 cm³/mol. The maximum absolute atomic E-state index is 4.74. The number of piperidine rings is 1. The van der Waals surface area contributed by atoms with Crippen molar-refractivity contribution in [3.63, 3.8) is 0 Å². The zero-order chi connectivity index (χ0) is 13.1. The molecule has 0 aliphatic carbocycles. The van der Waals surface area contributed by atoms with Gasteiger partial charge >= 0.3 is 0 Å². The number of halogens is 1. The van der Waals surface area contributed by atoms with Gasteiger partial charge in [0, 0.05) is 24.6 Å². The quantitative estimate of drug-likeness (QED) is 0.786. The molecule has 2 rings (SSSR count). The molecule has 1 atom stereocenters. The fraction of sp³-hybridized carbons (Fsp3) is 0.714. The Bertz CT molecular complexity index is 406. The van der Waals surface area contributed by atoms with Crippen LogP contribution in [0.4, 0.5) is 5.82 Å². The van der Waals surface area contributed by atoms with E-state index in [0.717, 1.165) is 22.8 Å². The highest BCUT2D eigenvalue weighted by molar-refractivity contribution is 9.10. The molecule has 3 nitrogen and oxygen atoms in total. The first-order valence-electron chi connectivity index (χ1n) is 6.93. The van der Waals surface area contributed by atoms with E-state index in [1.54, 1.807) is 0 Å². The van der Waals surface area contributed by atoms with Gasteiger partial charge in [-0.2, -0.15) is 0 Å². The molecule has 0 radical (unpaired) electrons. The maximum atomic E-state index is 4.74. The van der Waals surface area contributed by atoms with Gasteiger partial charge in [-0.1, -0.05) is 20.8 Å². The van der Waals surface area contributed by atoms with Crippen molar-refractivity contribution in [2.75, 3.05) is 11.4 Å². The first kappa shape index (κ1) is 13.8. The summed E-state index contributed by atoms with van der Waals surface area (Å²) in [6.45, 7) is 7.67. The first-order valence-corrected chi connectivity index (χ1v) is 7.72. The number of nitrogens with zero attached hydrogens (tertiary/aromatic N) is 3. The van der Waals surface area contributed by atoms with Crippen LogP contribution >= 0.6 is 15.9 Å². The summed E-state index contributed by atoms with van der Waals surface area (Å²) in [5.74, 6) is 2.39. The molecule has 0 bridgehead atoms. The van der Waals surface area contributed by atoms with E-state index in [1.165, 1.54) is 25.7 Å². The van der Waals surface area contributed by atoms with Gasteiger partial charge in [0.15, 0.2) is 0 Å². The van der Waals surface area contributed by atoms with Crippen LogP contribution in [-0.4, -0.2) is 22.6 Å². The average Bonchev–Trinajstić information content (AvgIpc) is 2.38. The molecule has 0 aromatic carbocycles. The summed E-state index contributed by atoms with van der Waals surface area (Å²) in [4.78, 5) is 11.7. The number of rotatable bonds is 3. The van der Waals surface area contributed by atoms with Crippen molar-refractivity contribution in [3.8, 4) is 0 Å². The lowest BCUT2D eigenvalue weighted by molar-refractivity contribution is 0.446. The number of hydrogen-bond acceptors (Lipinski definition) is 3. The van der Waals surface area contributed by atoms with Crippen LogP contribution in [0.5, 0.6) is 0 Å². The van der Waals surface area contributed by atoms with E-state index in [9.17, 15) is 0 Å². The molecular weight excluding hydrogens is 290 g/mol. The summed E-state index contributed by atoms with van der Waals surface area (Å²) in [6, 6.07) is 2.69.